The molecule has 1 aromatic carbocycles. The minimum absolute atomic E-state index is 0.0673. The van der Waals surface area contributed by atoms with Crippen molar-refractivity contribution in [2.24, 2.45) is 5.92 Å². The number of hydrogen-bond acceptors (Lipinski definition) is 6. The Labute approximate surface area is 151 Å². The molecule has 1 aliphatic heterocycles. The molecule has 25 heavy (non-hydrogen) atoms. The third-order valence-electron chi connectivity index (χ3n) is 3.89. The predicted octanol–water partition coefficient (Wildman–Crippen LogP) is 0.450. The molecular formula is C17H19N2O5S-. The second kappa shape index (κ2) is 7.52. The highest BCUT2D eigenvalue weighted by molar-refractivity contribution is 7.80. The monoisotopic (exact) mass is 363 g/mol. The number of carboxylic acids is 1. The normalized spacial score (nSPS) is 20.9. The van der Waals surface area contributed by atoms with E-state index in [9.17, 15) is 14.7 Å². The Balaban J connectivity index is 2.37. The fourth-order valence-corrected chi connectivity index (χ4v) is 2.91. The summed E-state index contributed by atoms with van der Waals surface area (Å²) in [5.74, 6) is -1.31. The zero-order valence-electron chi connectivity index (χ0n) is 14.1. The van der Waals surface area contributed by atoms with Crippen LogP contribution in [0.25, 0.3) is 0 Å². The molecule has 0 amide bonds. The number of carbonyl (C=O) groups excluding carboxylic acids is 2. The number of methoxy groups -OCH3 is 1. The minimum atomic E-state index is -1.33. The summed E-state index contributed by atoms with van der Waals surface area (Å²) in [4.78, 5) is 22.9. The number of nitrogens with one attached hydrogen (secondary N) is 2. The second-order valence-electron chi connectivity index (χ2n) is 5.68. The highest BCUT2D eigenvalue weighted by Crippen LogP contribution is 2.36. The molecule has 0 spiro atoms. The van der Waals surface area contributed by atoms with Gasteiger partial charge in [0.25, 0.3) is 0 Å². The van der Waals surface area contributed by atoms with Crippen LogP contribution >= 0.6 is 12.2 Å². The SMILES string of the molecule is C=C1NC(=S)N[C@H](c2ccc(O[C@@H](C)C(=O)[O-])c(OC)c2)[C@@H]1C(C)=O. The summed E-state index contributed by atoms with van der Waals surface area (Å²) >= 11 is 5.15. The Hall–Kier alpha value is -2.61. The Kier molecular flexibility index (Phi) is 5.63. The number of benzene rings is 1. The molecule has 1 fully saturated rings. The number of ether oxygens (including phenoxy) is 2. The van der Waals surface area contributed by atoms with Crippen LogP contribution in [0.15, 0.2) is 30.5 Å². The molecule has 8 heteroatoms. The molecule has 1 aromatic rings. The number of Topliss-reactive ketones (excluding diaryl/α,β-unsaturated/α-hetero) is 1. The van der Waals surface area contributed by atoms with E-state index in [-0.39, 0.29) is 11.5 Å². The van der Waals surface area contributed by atoms with Crippen LogP contribution in [0.5, 0.6) is 11.5 Å². The summed E-state index contributed by atoms with van der Waals surface area (Å²) in [6.07, 6.45) is -1.13. The Morgan fingerprint density at radius 3 is 2.60 bits per heavy atom. The van der Waals surface area contributed by atoms with E-state index in [1.807, 2.05) is 0 Å². The molecule has 1 saturated heterocycles. The minimum Gasteiger partial charge on any atom is -0.546 e. The first-order valence-electron chi connectivity index (χ1n) is 7.56. The van der Waals surface area contributed by atoms with E-state index in [0.29, 0.717) is 16.6 Å². The quantitative estimate of drug-likeness (QED) is 0.703. The van der Waals surface area contributed by atoms with E-state index >= 15 is 0 Å². The van der Waals surface area contributed by atoms with Crippen molar-refractivity contribution in [3.63, 3.8) is 0 Å². The van der Waals surface area contributed by atoms with Crippen molar-refractivity contribution in [1.82, 2.24) is 10.6 Å². The lowest BCUT2D eigenvalue weighted by Gasteiger charge is -2.35. The smallest absolute Gasteiger partial charge is 0.171 e. The molecule has 0 radical (unpaired) electrons. The topological polar surface area (TPSA) is 99.7 Å². The lowest BCUT2D eigenvalue weighted by atomic mass is 9.86. The van der Waals surface area contributed by atoms with Crippen molar-refractivity contribution in [2.45, 2.75) is 26.0 Å². The number of rotatable bonds is 6. The van der Waals surface area contributed by atoms with E-state index in [2.05, 4.69) is 17.2 Å². The molecule has 0 saturated carbocycles. The van der Waals surface area contributed by atoms with E-state index in [0.717, 1.165) is 5.56 Å². The number of thiocarbonyl (C=S) groups is 1. The third kappa shape index (κ3) is 4.08. The number of ketones is 1. The van der Waals surface area contributed by atoms with E-state index in [1.165, 1.54) is 21.0 Å². The van der Waals surface area contributed by atoms with Crippen LogP contribution in [0, 0.1) is 5.92 Å². The highest BCUT2D eigenvalue weighted by atomic mass is 32.1. The molecule has 2 N–H and O–H groups in total. The van der Waals surface area contributed by atoms with Crippen molar-refractivity contribution in [3.05, 3.63) is 36.0 Å². The van der Waals surface area contributed by atoms with Crippen LogP contribution in [0.3, 0.4) is 0 Å². The van der Waals surface area contributed by atoms with Gasteiger partial charge in [0.15, 0.2) is 16.6 Å². The average molecular weight is 363 g/mol. The molecule has 0 aliphatic carbocycles. The van der Waals surface area contributed by atoms with Gasteiger partial charge in [-0.3, -0.25) is 4.79 Å². The molecule has 0 bridgehead atoms. The standard InChI is InChI=1S/C17H20N2O5S/c1-8-14(9(2)20)15(19-17(25)18-8)11-5-6-12(13(7-11)23-4)24-10(3)16(21)22/h5-7,10,14-15H,1H2,2-4H3,(H,21,22)(H2,18,19,25)/p-1/t10-,14-,15+/m0/s1. The van der Waals surface area contributed by atoms with Crippen molar-refractivity contribution < 1.29 is 24.2 Å². The summed E-state index contributed by atoms with van der Waals surface area (Å²) in [6.45, 7) is 6.72. The van der Waals surface area contributed by atoms with Crippen LogP contribution in [-0.4, -0.2) is 30.1 Å². The van der Waals surface area contributed by atoms with Gasteiger partial charge < -0.3 is 30.0 Å². The van der Waals surface area contributed by atoms with Crippen molar-refractivity contribution >= 4 is 29.1 Å². The molecule has 134 valence electrons. The molecular weight excluding hydrogens is 344 g/mol. The fraction of sp³-hybridized carbons (Fsp3) is 0.353. The maximum Gasteiger partial charge on any atom is 0.171 e. The highest BCUT2D eigenvalue weighted by Gasteiger charge is 2.34. The van der Waals surface area contributed by atoms with Gasteiger partial charge in [-0.2, -0.15) is 0 Å². The number of carbonyl (C=O) groups is 2. The average Bonchev–Trinajstić information content (AvgIpc) is 2.53. The Bertz CT molecular complexity index is 734. The third-order valence-corrected chi connectivity index (χ3v) is 4.11. The lowest BCUT2D eigenvalue weighted by molar-refractivity contribution is -0.312. The van der Waals surface area contributed by atoms with Crippen LogP contribution in [0.2, 0.25) is 0 Å². The fourth-order valence-electron chi connectivity index (χ4n) is 2.65. The summed E-state index contributed by atoms with van der Waals surface area (Å²) < 4.78 is 10.6. The Morgan fingerprint density at radius 1 is 1.36 bits per heavy atom. The zero-order valence-corrected chi connectivity index (χ0v) is 14.9. The van der Waals surface area contributed by atoms with Gasteiger partial charge in [-0.1, -0.05) is 12.6 Å². The molecule has 0 unspecified atom stereocenters. The van der Waals surface area contributed by atoms with Gasteiger partial charge in [0.2, 0.25) is 0 Å². The van der Waals surface area contributed by atoms with Gasteiger partial charge in [-0.05, 0) is 43.8 Å². The Morgan fingerprint density at radius 2 is 2.04 bits per heavy atom. The maximum absolute atomic E-state index is 12.0. The number of hydrogen-bond donors (Lipinski definition) is 2. The van der Waals surface area contributed by atoms with Crippen LogP contribution in [0.4, 0.5) is 0 Å². The van der Waals surface area contributed by atoms with Gasteiger partial charge in [-0.15, -0.1) is 0 Å². The van der Waals surface area contributed by atoms with Crippen molar-refractivity contribution in [2.75, 3.05) is 7.11 Å². The van der Waals surface area contributed by atoms with Crippen molar-refractivity contribution in [1.29, 1.82) is 0 Å². The van der Waals surface area contributed by atoms with Crippen molar-refractivity contribution in [3.8, 4) is 11.5 Å². The second-order valence-corrected chi connectivity index (χ2v) is 6.09. The molecule has 7 nitrogen and oxygen atoms in total. The largest absolute Gasteiger partial charge is 0.546 e. The zero-order chi connectivity index (χ0) is 18.7. The molecule has 3 atom stereocenters. The summed E-state index contributed by atoms with van der Waals surface area (Å²) in [7, 11) is 1.44. The maximum atomic E-state index is 12.0. The molecule has 2 rings (SSSR count). The van der Waals surface area contributed by atoms with Crippen LogP contribution in [-0.2, 0) is 9.59 Å². The van der Waals surface area contributed by atoms with E-state index in [4.69, 9.17) is 21.7 Å². The summed E-state index contributed by atoms with van der Waals surface area (Å²) in [6, 6.07) is 4.56. The van der Waals surface area contributed by atoms with Gasteiger partial charge in [0.1, 0.15) is 11.9 Å². The first kappa shape index (κ1) is 18.7. The van der Waals surface area contributed by atoms with Crippen LogP contribution < -0.4 is 25.2 Å². The molecule has 1 heterocycles. The van der Waals surface area contributed by atoms with Gasteiger partial charge in [-0.25, -0.2) is 0 Å². The first-order chi connectivity index (χ1) is 11.7. The van der Waals surface area contributed by atoms with E-state index < -0.39 is 24.0 Å². The number of aliphatic carboxylic acids is 1. The van der Waals surface area contributed by atoms with Gasteiger partial charge >= 0.3 is 0 Å². The van der Waals surface area contributed by atoms with Gasteiger partial charge in [0.05, 0.1) is 25.0 Å². The van der Waals surface area contributed by atoms with Gasteiger partial charge in [0, 0.05) is 5.70 Å². The van der Waals surface area contributed by atoms with E-state index in [1.54, 1.807) is 18.2 Å². The summed E-state index contributed by atoms with van der Waals surface area (Å²) in [5.41, 5.74) is 1.25. The van der Waals surface area contributed by atoms with Crippen LogP contribution in [0.1, 0.15) is 25.5 Å². The molecule has 0 aromatic heterocycles. The predicted molar refractivity (Wildman–Crippen MR) is 93.0 cm³/mol. The first-order valence-corrected chi connectivity index (χ1v) is 7.97. The molecule has 1 aliphatic rings. The number of carboxylic acid groups (broad SMARTS) is 1. The summed E-state index contributed by atoms with van der Waals surface area (Å²) in [5, 5.41) is 17.2. The lowest BCUT2D eigenvalue weighted by Crippen LogP contribution is -2.50.